The minimum Gasteiger partial charge on any atom is -0.344 e. The van der Waals surface area contributed by atoms with Gasteiger partial charge in [0, 0.05) is 16.8 Å². The van der Waals surface area contributed by atoms with Crippen LogP contribution in [0.25, 0.3) is 28.0 Å². The topological polar surface area (TPSA) is 120 Å². The Hall–Kier alpha value is -4.38. The average molecular weight is 567 g/mol. The lowest BCUT2D eigenvalue weighted by atomic mass is 9.98. The standard InChI is InChI=1S/C31H38N10O/c1-19-15-22(7-8-24(19)20(2)35-30(42)27-18-40(38-37-27)31(4,5)6)29-28-11-14-33-39(28)17-26(36-29)25-16-34-41(21(25)3)23-9-12-32-13-10-23/h7-8,11,14-18,20,23,32H,9-10,12-13H2,1-6H3,(H,35,42)/t20-/m1/s1. The summed E-state index contributed by atoms with van der Waals surface area (Å²) in [6.07, 6.45) is 9.53. The van der Waals surface area contributed by atoms with Crippen molar-refractivity contribution < 1.29 is 4.79 Å². The molecule has 1 aliphatic rings. The molecule has 5 aromatic rings. The highest BCUT2D eigenvalue weighted by Gasteiger charge is 2.23. The summed E-state index contributed by atoms with van der Waals surface area (Å²) in [5, 5.41) is 24.0. The van der Waals surface area contributed by atoms with E-state index in [-0.39, 0.29) is 17.5 Å². The maximum Gasteiger partial charge on any atom is 0.273 e. The molecular weight excluding hydrogens is 528 g/mol. The Balaban J connectivity index is 1.28. The molecule has 218 valence electrons. The molecule has 0 unspecified atom stereocenters. The van der Waals surface area contributed by atoms with E-state index >= 15 is 0 Å². The van der Waals surface area contributed by atoms with E-state index in [0.29, 0.717) is 11.7 Å². The minimum absolute atomic E-state index is 0.218. The molecule has 11 heteroatoms. The molecule has 5 heterocycles. The normalized spacial score (nSPS) is 15.3. The summed E-state index contributed by atoms with van der Waals surface area (Å²) in [7, 11) is 0. The van der Waals surface area contributed by atoms with Gasteiger partial charge in [-0.05, 0) is 90.7 Å². The van der Waals surface area contributed by atoms with Gasteiger partial charge in [-0.2, -0.15) is 10.2 Å². The number of nitrogens with zero attached hydrogens (tertiary/aromatic N) is 8. The Morgan fingerprint density at radius 3 is 2.60 bits per heavy atom. The number of hydrogen-bond donors (Lipinski definition) is 2. The van der Waals surface area contributed by atoms with Crippen LogP contribution in [0.1, 0.15) is 79.9 Å². The van der Waals surface area contributed by atoms with Crippen LogP contribution in [0.3, 0.4) is 0 Å². The first kappa shape index (κ1) is 27.8. The summed E-state index contributed by atoms with van der Waals surface area (Å²) < 4.78 is 5.74. The molecule has 1 aliphatic heterocycles. The van der Waals surface area contributed by atoms with E-state index in [4.69, 9.17) is 10.1 Å². The molecular formula is C31H38N10O. The van der Waals surface area contributed by atoms with Gasteiger partial charge in [-0.25, -0.2) is 14.2 Å². The fraction of sp³-hybridized carbons (Fsp3) is 0.419. The van der Waals surface area contributed by atoms with Gasteiger partial charge >= 0.3 is 0 Å². The van der Waals surface area contributed by atoms with Gasteiger partial charge in [0.15, 0.2) is 5.69 Å². The molecule has 1 aromatic carbocycles. The number of aromatic nitrogens is 8. The van der Waals surface area contributed by atoms with Crippen LogP contribution in [-0.4, -0.2) is 58.4 Å². The van der Waals surface area contributed by atoms with Gasteiger partial charge in [-0.1, -0.05) is 17.3 Å². The van der Waals surface area contributed by atoms with Crippen LogP contribution in [0.4, 0.5) is 0 Å². The molecule has 42 heavy (non-hydrogen) atoms. The summed E-state index contributed by atoms with van der Waals surface area (Å²) >= 11 is 0. The smallest absolute Gasteiger partial charge is 0.273 e. The number of piperidine rings is 1. The molecule has 2 N–H and O–H groups in total. The predicted octanol–water partition coefficient (Wildman–Crippen LogP) is 4.64. The number of rotatable bonds is 6. The van der Waals surface area contributed by atoms with Gasteiger partial charge in [0.05, 0.1) is 59.3 Å². The third kappa shape index (κ3) is 5.20. The zero-order valence-electron chi connectivity index (χ0n) is 25.1. The van der Waals surface area contributed by atoms with Gasteiger partial charge in [-0.3, -0.25) is 9.48 Å². The minimum atomic E-state index is -0.253. The number of fused-ring (bicyclic) bond motifs is 1. The van der Waals surface area contributed by atoms with E-state index in [1.807, 2.05) is 50.7 Å². The molecule has 1 amide bonds. The zero-order chi connectivity index (χ0) is 29.6. The van der Waals surface area contributed by atoms with Gasteiger partial charge in [0.25, 0.3) is 5.91 Å². The van der Waals surface area contributed by atoms with Crippen LogP contribution < -0.4 is 10.6 Å². The van der Waals surface area contributed by atoms with Gasteiger partial charge in [0.1, 0.15) is 0 Å². The van der Waals surface area contributed by atoms with Crippen molar-refractivity contribution >= 4 is 11.4 Å². The molecule has 0 aliphatic carbocycles. The van der Waals surface area contributed by atoms with Crippen molar-refractivity contribution in [2.24, 2.45) is 0 Å². The Labute approximate surface area is 245 Å². The van der Waals surface area contributed by atoms with E-state index in [1.54, 1.807) is 17.1 Å². The summed E-state index contributed by atoms with van der Waals surface area (Å²) in [4.78, 5) is 18.1. The molecule has 1 atom stereocenters. The molecule has 6 rings (SSSR count). The monoisotopic (exact) mass is 566 g/mol. The highest BCUT2D eigenvalue weighted by molar-refractivity contribution is 5.92. The van der Waals surface area contributed by atoms with Gasteiger partial charge in [0.2, 0.25) is 0 Å². The highest BCUT2D eigenvalue weighted by Crippen LogP contribution is 2.32. The number of aryl methyl sites for hydroxylation is 1. The van der Waals surface area contributed by atoms with Crippen molar-refractivity contribution in [1.82, 2.24) is 50.0 Å². The van der Waals surface area contributed by atoms with E-state index < -0.39 is 0 Å². The van der Waals surface area contributed by atoms with Crippen molar-refractivity contribution in [2.45, 2.75) is 72.0 Å². The first-order chi connectivity index (χ1) is 20.1. The highest BCUT2D eigenvalue weighted by atomic mass is 16.2. The van der Waals surface area contributed by atoms with Crippen molar-refractivity contribution in [2.75, 3.05) is 13.1 Å². The maximum atomic E-state index is 12.9. The largest absolute Gasteiger partial charge is 0.344 e. The SMILES string of the molecule is Cc1cc(-c2nc(-c3cnn(C4CCNCC4)c3C)cn3nccc23)ccc1[C@@H](C)NC(=O)c1cn(C(C)(C)C)nn1. The average Bonchev–Trinajstić information content (AvgIpc) is 3.72. The van der Waals surface area contributed by atoms with Gasteiger partial charge in [-0.15, -0.1) is 5.10 Å². The number of carbonyl (C=O) groups excluding carboxylic acids is 1. The quantitative estimate of drug-likeness (QED) is 0.307. The van der Waals surface area contributed by atoms with E-state index in [9.17, 15) is 4.79 Å². The second-order valence-corrected chi connectivity index (χ2v) is 12.2. The van der Waals surface area contributed by atoms with Crippen LogP contribution in [0, 0.1) is 13.8 Å². The fourth-order valence-corrected chi connectivity index (χ4v) is 5.72. The second-order valence-electron chi connectivity index (χ2n) is 12.2. The number of hydrogen-bond acceptors (Lipinski definition) is 7. The molecule has 1 saturated heterocycles. The number of carbonyl (C=O) groups is 1. The summed E-state index contributed by atoms with van der Waals surface area (Å²) in [5.74, 6) is -0.253. The molecule has 0 radical (unpaired) electrons. The number of nitrogens with one attached hydrogen (secondary N) is 2. The number of benzene rings is 1. The van der Waals surface area contributed by atoms with E-state index in [1.165, 1.54) is 0 Å². The van der Waals surface area contributed by atoms with Crippen molar-refractivity contribution in [1.29, 1.82) is 0 Å². The molecule has 0 spiro atoms. The molecule has 11 nitrogen and oxygen atoms in total. The Morgan fingerprint density at radius 2 is 1.88 bits per heavy atom. The van der Waals surface area contributed by atoms with Crippen LogP contribution in [0.2, 0.25) is 0 Å². The fourth-order valence-electron chi connectivity index (χ4n) is 5.72. The lowest BCUT2D eigenvalue weighted by molar-refractivity contribution is 0.0934. The summed E-state index contributed by atoms with van der Waals surface area (Å²) in [5.41, 5.74) is 7.86. The molecule has 0 saturated carbocycles. The number of amides is 1. The van der Waals surface area contributed by atoms with E-state index in [2.05, 4.69) is 62.8 Å². The third-order valence-electron chi connectivity index (χ3n) is 8.14. The zero-order valence-corrected chi connectivity index (χ0v) is 25.1. The summed E-state index contributed by atoms with van der Waals surface area (Å²) in [6.45, 7) is 14.2. The first-order valence-electron chi connectivity index (χ1n) is 14.5. The molecule has 4 aromatic heterocycles. The molecule has 1 fully saturated rings. The maximum absolute atomic E-state index is 12.9. The predicted molar refractivity (Wildman–Crippen MR) is 161 cm³/mol. The summed E-state index contributed by atoms with van der Waals surface area (Å²) in [6, 6.07) is 8.40. The van der Waals surface area contributed by atoms with Crippen LogP contribution in [-0.2, 0) is 5.54 Å². The Bertz CT molecular complexity index is 1750. The van der Waals surface area contributed by atoms with Crippen molar-refractivity contribution in [3.63, 3.8) is 0 Å². The van der Waals surface area contributed by atoms with Crippen LogP contribution in [0.15, 0.2) is 49.1 Å². The lowest BCUT2D eigenvalue weighted by Crippen LogP contribution is -2.30. The lowest BCUT2D eigenvalue weighted by Gasteiger charge is -2.24. The second kappa shape index (κ2) is 10.8. The van der Waals surface area contributed by atoms with Crippen molar-refractivity contribution in [3.05, 3.63) is 71.6 Å². The Morgan fingerprint density at radius 1 is 1.10 bits per heavy atom. The Kier molecular flexibility index (Phi) is 7.14. The first-order valence-corrected chi connectivity index (χ1v) is 14.5. The van der Waals surface area contributed by atoms with Crippen LogP contribution in [0.5, 0.6) is 0 Å². The van der Waals surface area contributed by atoms with Crippen LogP contribution >= 0.6 is 0 Å². The van der Waals surface area contributed by atoms with Crippen molar-refractivity contribution in [3.8, 4) is 22.5 Å². The van der Waals surface area contributed by atoms with E-state index in [0.717, 1.165) is 70.8 Å². The molecule has 0 bridgehead atoms. The third-order valence-corrected chi connectivity index (χ3v) is 8.14. The van der Waals surface area contributed by atoms with Gasteiger partial charge < -0.3 is 10.6 Å².